The number of nitriles is 1. The highest BCUT2D eigenvalue weighted by Gasteiger charge is 2.24. The van der Waals surface area contributed by atoms with E-state index in [0.717, 1.165) is 22.5 Å². The Morgan fingerprint density at radius 1 is 1.28 bits per heavy atom. The summed E-state index contributed by atoms with van der Waals surface area (Å²) < 4.78 is 5.23. The minimum atomic E-state index is -0.339. The number of nitrogens with two attached hydrogens (primary N) is 2. The van der Waals surface area contributed by atoms with E-state index in [2.05, 4.69) is 16.4 Å². The zero-order valence-corrected chi connectivity index (χ0v) is 16.3. The molecule has 0 bridgehead atoms. The molecule has 7 nitrogen and oxygen atoms in total. The van der Waals surface area contributed by atoms with Gasteiger partial charge in [0.2, 0.25) is 0 Å². The molecule has 0 fully saturated rings. The van der Waals surface area contributed by atoms with Crippen LogP contribution in [0.25, 0.3) is 21.3 Å². The molecule has 0 aliphatic rings. The second-order valence-electron chi connectivity index (χ2n) is 6.51. The number of rotatable bonds is 4. The van der Waals surface area contributed by atoms with Crippen LogP contribution in [0.4, 0.5) is 11.5 Å². The molecule has 0 aliphatic carbocycles. The van der Waals surface area contributed by atoms with Gasteiger partial charge < -0.3 is 21.2 Å². The SMILES string of the molecule is Cc1ccc(-c2c(C#N)c(N)nc3sc(C(=O)NCc4ccco4)c(N)c23)cc1. The van der Waals surface area contributed by atoms with Gasteiger partial charge in [-0.2, -0.15) is 5.26 Å². The third-order valence-corrected chi connectivity index (χ3v) is 5.66. The molecule has 1 aromatic carbocycles. The molecule has 0 aliphatic heterocycles. The third kappa shape index (κ3) is 3.28. The fourth-order valence-corrected chi connectivity index (χ4v) is 4.15. The summed E-state index contributed by atoms with van der Waals surface area (Å²) in [6.07, 6.45) is 1.54. The number of benzene rings is 1. The van der Waals surface area contributed by atoms with E-state index in [1.165, 1.54) is 0 Å². The normalized spacial score (nSPS) is 10.8. The van der Waals surface area contributed by atoms with E-state index in [-0.39, 0.29) is 29.5 Å². The molecule has 29 heavy (non-hydrogen) atoms. The van der Waals surface area contributed by atoms with Gasteiger partial charge in [0, 0.05) is 10.9 Å². The monoisotopic (exact) mass is 403 g/mol. The van der Waals surface area contributed by atoms with E-state index in [0.29, 0.717) is 26.4 Å². The Kier molecular flexibility index (Phi) is 4.66. The Morgan fingerprint density at radius 2 is 2.03 bits per heavy atom. The van der Waals surface area contributed by atoms with Crippen LogP contribution in [-0.4, -0.2) is 10.9 Å². The fourth-order valence-electron chi connectivity index (χ4n) is 3.12. The van der Waals surface area contributed by atoms with Gasteiger partial charge >= 0.3 is 0 Å². The molecule has 0 saturated carbocycles. The Balaban J connectivity index is 1.85. The molecule has 0 saturated heterocycles. The Labute approximate surface area is 170 Å². The molecule has 5 N–H and O–H groups in total. The summed E-state index contributed by atoms with van der Waals surface area (Å²) in [7, 11) is 0. The highest BCUT2D eigenvalue weighted by atomic mass is 32.1. The van der Waals surface area contributed by atoms with Gasteiger partial charge in [-0.1, -0.05) is 29.8 Å². The minimum Gasteiger partial charge on any atom is -0.467 e. The van der Waals surface area contributed by atoms with Crippen molar-refractivity contribution in [1.82, 2.24) is 10.3 Å². The van der Waals surface area contributed by atoms with Crippen LogP contribution in [0.15, 0.2) is 47.1 Å². The predicted octanol–water partition coefficient (Wildman–Crippen LogP) is 3.83. The summed E-state index contributed by atoms with van der Waals surface area (Å²) in [6.45, 7) is 2.22. The first-order valence-corrected chi connectivity index (χ1v) is 9.60. The second kappa shape index (κ2) is 7.30. The van der Waals surface area contributed by atoms with Crippen molar-refractivity contribution in [3.63, 3.8) is 0 Å². The summed E-state index contributed by atoms with van der Waals surface area (Å²) in [5.74, 6) is 0.403. The number of aromatic nitrogens is 1. The summed E-state index contributed by atoms with van der Waals surface area (Å²) in [6, 6.07) is 13.3. The number of nitrogen functional groups attached to an aromatic ring is 2. The van der Waals surface area contributed by atoms with Crippen molar-refractivity contribution in [3.8, 4) is 17.2 Å². The van der Waals surface area contributed by atoms with Crippen LogP contribution in [0.3, 0.4) is 0 Å². The van der Waals surface area contributed by atoms with Crippen molar-refractivity contribution in [1.29, 1.82) is 5.26 Å². The number of hydrogen-bond acceptors (Lipinski definition) is 7. The lowest BCUT2D eigenvalue weighted by Crippen LogP contribution is -2.22. The van der Waals surface area contributed by atoms with Crippen LogP contribution in [0, 0.1) is 18.3 Å². The van der Waals surface area contributed by atoms with Gasteiger partial charge in [0.05, 0.1) is 18.5 Å². The molecule has 144 valence electrons. The Hall–Kier alpha value is -3.83. The van der Waals surface area contributed by atoms with Crippen LogP contribution in [0.1, 0.15) is 26.6 Å². The lowest BCUT2D eigenvalue weighted by atomic mass is 9.96. The topological polar surface area (TPSA) is 131 Å². The number of anilines is 2. The van der Waals surface area contributed by atoms with E-state index >= 15 is 0 Å². The first kappa shape index (κ1) is 18.5. The molecule has 4 rings (SSSR count). The standard InChI is InChI=1S/C21H17N5O2S/c1-11-4-6-12(7-5-11)15-14(9-22)19(24)26-21-16(15)17(23)18(29-21)20(27)25-10-13-3-2-8-28-13/h2-8H,10,23H2,1H3,(H2,24,26)(H,25,27). The zero-order chi connectivity index (χ0) is 20.5. The van der Waals surface area contributed by atoms with Gasteiger partial charge in [0.1, 0.15) is 32.9 Å². The van der Waals surface area contributed by atoms with Crippen molar-refractivity contribution in [2.45, 2.75) is 13.5 Å². The maximum absolute atomic E-state index is 12.7. The number of pyridine rings is 1. The largest absolute Gasteiger partial charge is 0.467 e. The molecule has 0 unspecified atom stereocenters. The smallest absolute Gasteiger partial charge is 0.263 e. The van der Waals surface area contributed by atoms with Crippen LogP contribution in [0.2, 0.25) is 0 Å². The molecule has 4 aromatic rings. The van der Waals surface area contributed by atoms with Crippen molar-refractivity contribution in [2.24, 2.45) is 0 Å². The van der Waals surface area contributed by atoms with E-state index in [1.54, 1.807) is 18.4 Å². The first-order valence-electron chi connectivity index (χ1n) is 8.78. The van der Waals surface area contributed by atoms with Crippen LogP contribution < -0.4 is 16.8 Å². The van der Waals surface area contributed by atoms with E-state index in [1.807, 2.05) is 31.2 Å². The Morgan fingerprint density at radius 3 is 2.69 bits per heavy atom. The van der Waals surface area contributed by atoms with E-state index in [9.17, 15) is 10.1 Å². The molecule has 3 aromatic heterocycles. The molecular formula is C21H17N5O2S. The zero-order valence-electron chi connectivity index (χ0n) is 15.5. The molecule has 3 heterocycles. The average Bonchev–Trinajstić information content (AvgIpc) is 3.34. The number of thiophene rings is 1. The second-order valence-corrected chi connectivity index (χ2v) is 7.51. The van der Waals surface area contributed by atoms with E-state index < -0.39 is 0 Å². The molecule has 8 heteroatoms. The summed E-state index contributed by atoms with van der Waals surface area (Å²) in [5, 5.41) is 13.0. The van der Waals surface area contributed by atoms with Crippen molar-refractivity contribution < 1.29 is 9.21 Å². The fraction of sp³-hybridized carbons (Fsp3) is 0.0952. The van der Waals surface area contributed by atoms with Crippen molar-refractivity contribution in [2.75, 3.05) is 11.5 Å². The highest BCUT2D eigenvalue weighted by Crippen LogP contribution is 2.42. The summed E-state index contributed by atoms with van der Waals surface area (Å²) in [5.41, 5.74) is 15.4. The van der Waals surface area contributed by atoms with Gasteiger partial charge in [-0.3, -0.25) is 4.79 Å². The van der Waals surface area contributed by atoms with Crippen LogP contribution in [-0.2, 0) is 6.54 Å². The van der Waals surface area contributed by atoms with Gasteiger partial charge in [-0.15, -0.1) is 11.3 Å². The molecule has 0 radical (unpaired) electrons. The predicted molar refractivity (Wildman–Crippen MR) is 113 cm³/mol. The number of furan rings is 1. The maximum atomic E-state index is 12.7. The van der Waals surface area contributed by atoms with Gasteiger partial charge in [-0.05, 0) is 24.6 Å². The number of nitrogens with zero attached hydrogens (tertiary/aromatic N) is 2. The summed E-state index contributed by atoms with van der Waals surface area (Å²) in [4.78, 5) is 17.9. The highest BCUT2D eigenvalue weighted by molar-refractivity contribution is 7.21. The number of carbonyl (C=O) groups is 1. The molecule has 0 spiro atoms. The maximum Gasteiger partial charge on any atom is 0.263 e. The lowest BCUT2D eigenvalue weighted by molar-refractivity contribution is 0.0953. The minimum absolute atomic E-state index is 0.111. The Bertz CT molecular complexity index is 1250. The average molecular weight is 403 g/mol. The molecular weight excluding hydrogens is 386 g/mol. The number of nitrogens with one attached hydrogen (secondary N) is 1. The first-order chi connectivity index (χ1) is 14.0. The van der Waals surface area contributed by atoms with Crippen LogP contribution in [0.5, 0.6) is 0 Å². The third-order valence-electron chi connectivity index (χ3n) is 4.57. The number of hydrogen-bond donors (Lipinski definition) is 3. The quantitative estimate of drug-likeness (QED) is 0.474. The summed E-state index contributed by atoms with van der Waals surface area (Å²) >= 11 is 1.15. The number of carbonyl (C=O) groups excluding carboxylic acids is 1. The van der Waals surface area contributed by atoms with Crippen molar-refractivity contribution in [3.05, 3.63) is 64.4 Å². The van der Waals surface area contributed by atoms with Gasteiger partial charge in [0.25, 0.3) is 5.91 Å². The number of aryl methyl sites for hydroxylation is 1. The molecule has 0 atom stereocenters. The number of amides is 1. The van der Waals surface area contributed by atoms with Crippen LogP contribution >= 0.6 is 11.3 Å². The van der Waals surface area contributed by atoms with Gasteiger partial charge in [-0.25, -0.2) is 4.98 Å². The van der Waals surface area contributed by atoms with Gasteiger partial charge in [0.15, 0.2) is 0 Å². The molecule has 1 amide bonds. The lowest BCUT2D eigenvalue weighted by Gasteiger charge is -2.10. The number of fused-ring (bicyclic) bond motifs is 1. The van der Waals surface area contributed by atoms with E-state index in [4.69, 9.17) is 15.9 Å². The van der Waals surface area contributed by atoms with Crippen molar-refractivity contribution >= 4 is 39.0 Å².